The van der Waals surface area contributed by atoms with Crippen molar-refractivity contribution < 1.29 is 4.79 Å². The number of carbonyl (C=O) groups excluding carboxylic acids is 1. The average Bonchev–Trinajstić information content (AvgIpc) is 2.94. The minimum atomic E-state index is 0.0956. The minimum Gasteiger partial charge on any atom is -0.336 e. The van der Waals surface area contributed by atoms with Gasteiger partial charge in [-0.15, -0.1) is 0 Å². The Morgan fingerprint density at radius 2 is 1.80 bits per heavy atom. The van der Waals surface area contributed by atoms with Crippen molar-refractivity contribution in [1.82, 2.24) is 19.4 Å². The van der Waals surface area contributed by atoms with Gasteiger partial charge in [-0.05, 0) is 52.0 Å². The van der Waals surface area contributed by atoms with Crippen molar-refractivity contribution in [2.24, 2.45) is 0 Å². The quantitative estimate of drug-likeness (QED) is 0.713. The van der Waals surface area contributed by atoms with Crippen LogP contribution in [-0.4, -0.2) is 37.4 Å². The SMILES string of the molecule is CC(C)N(C(=O)Cn1c(-c2cccnc2)nc2ccccc21)C(C)C. The number of amides is 1. The van der Waals surface area contributed by atoms with Crippen molar-refractivity contribution in [3.8, 4) is 11.4 Å². The monoisotopic (exact) mass is 336 g/mol. The molecular formula is C20H24N4O. The van der Waals surface area contributed by atoms with Crippen LogP contribution in [0, 0.1) is 0 Å². The van der Waals surface area contributed by atoms with Gasteiger partial charge in [-0.2, -0.15) is 0 Å². The predicted molar refractivity (Wildman–Crippen MR) is 100 cm³/mol. The Hall–Kier alpha value is -2.69. The Morgan fingerprint density at radius 1 is 1.08 bits per heavy atom. The molecule has 3 aromatic rings. The summed E-state index contributed by atoms with van der Waals surface area (Å²) in [5.41, 5.74) is 2.75. The van der Waals surface area contributed by atoms with Crippen molar-refractivity contribution in [2.75, 3.05) is 0 Å². The van der Waals surface area contributed by atoms with E-state index in [-0.39, 0.29) is 24.5 Å². The number of para-hydroxylation sites is 2. The molecule has 130 valence electrons. The number of hydrogen-bond donors (Lipinski definition) is 0. The summed E-state index contributed by atoms with van der Waals surface area (Å²) in [6, 6.07) is 12.1. The molecule has 0 aliphatic rings. The lowest BCUT2D eigenvalue weighted by atomic mass is 10.2. The highest BCUT2D eigenvalue weighted by molar-refractivity contribution is 5.84. The van der Waals surface area contributed by atoms with E-state index >= 15 is 0 Å². The van der Waals surface area contributed by atoms with E-state index in [4.69, 9.17) is 4.98 Å². The molecule has 25 heavy (non-hydrogen) atoms. The highest BCUT2D eigenvalue weighted by Gasteiger charge is 2.23. The van der Waals surface area contributed by atoms with Gasteiger partial charge in [0, 0.05) is 30.0 Å². The first-order valence-electron chi connectivity index (χ1n) is 8.66. The van der Waals surface area contributed by atoms with Gasteiger partial charge in [-0.1, -0.05) is 12.1 Å². The van der Waals surface area contributed by atoms with E-state index in [2.05, 4.69) is 4.98 Å². The van der Waals surface area contributed by atoms with Gasteiger partial charge in [0.05, 0.1) is 11.0 Å². The molecule has 0 radical (unpaired) electrons. The van der Waals surface area contributed by atoms with E-state index in [0.29, 0.717) is 0 Å². The summed E-state index contributed by atoms with van der Waals surface area (Å²) in [6.07, 6.45) is 3.52. The first-order valence-corrected chi connectivity index (χ1v) is 8.66. The van der Waals surface area contributed by atoms with Gasteiger partial charge in [0.2, 0.25) is 5.91 Å². The molecule has 0 saturated heterocycles. The summed E-state index contributed by atoms with van der Waals surface area (Å²) in [7, 11) is 0. The topological polar surface area (TPSA) is 51.0 Å². The lowest BCUT2D eigenvalue weighted by molar-refractivity contribution is -0.135. The molecule has 0 aliphatic carbocycles. The Morgan fingerprint density at radius 3 is 2.44 bits per heavy atom. The number of carbonyl (C=O) groups is 1. The lowest BCUT2D eigenvalue weighted by Crippen LogP contribution is -2.43. The van der Waals surface area contributed by atoms with Gasteiger partial charge in [-0.25, -0.2) is 4.98 Å². The summed E-state index contributed by atoms with van der Waals surface area (Å²) in [6.45, 7) is 8.46. The fourth-order valence-electron chi connectivity index (χ4n) is 3.34. The van der Waals surface area contributed by atoms with Crippen molar-refractivity contribution in [3.05, 3.63) is 48.8 Å². The van der Waals surface area contributed by atoms with Crippen LogP contribution in [0.5, 0.6) is 0 Å². The zero-order valence-corrected chi connectivity index (χ0v) is 15.2. The first-order chi connectivity index (χ1) is 12.0. The smallest absolute Gasteiger partial charge is 0.243 e. The number of rotatable bonds is 5. The number of benzene rings is 1. The summed E-state index contributed by atoms with van der Waals surface area (Å²) in [4.78, 5) is 23.8. The molecule has 0 unspecified atom stereocenters. The molecule has 5 nitrogen and oxygen atoms in total. The average molecular weight is 336 g/mol. The van der Waals surface area contributed by atoms with Crippen molar-refractivity contribution in [3.63, 3.8) is 0 Å². The largest absolute Gasteiger partial charge is 0.336 e. The van der Waals surface area contributed by atoms with E-state index < -0.39 is 0 Å². The summed E-state index contributed by atoms with van der Waals surface area (Å²) in [5.74, 6) is 0.869. The van der Waals surface area contributed by atoms with Crippen LogP contribution in [0.3, 0.4) is 0 Å². The van der Waals surface area contributed by atoms with Crippen LogP contribution in [0.15, 0.2) is 48.8 Å². The second-order valence-corrected chi connectivity index (χ2v) is 6.74. The third-order valence-corrected chi connectivity index (χ3v) is 4.27. The lowest BCUT2D eigenvalue weighted by Gasteiger charge is -2.31. The molecule has 0 fully saturated rings. The van der Waals surface area contributed by atoms with Crippen molar-refractivity contribution in [1.29, 1.82) is 0 Å². The highest BCUT2D eigenvalue weighted by atomic mass is 16.2. The third-order valence-electron chi connectivity index (χ3n) is 4.27. The molecule has 0 saturated carbocycles. The molecule has 0 spiro atoms. The Kier molecular flexibility index (Phi) is 4.83. The van der Waals surface area contributed by atoms with Crippen LogP contribution in [0.2, 0.25) is 0 Å². The molecule has 2 heterocycles. The maximum Gasteiger partial charge on any atom is 0.243 e. The number of pyridine rings is 1. The first kappa shape index (κ1) is 17.1. The number of fused-ring (bicyclic) bond motifs is 1. The van der Waals surface area contributed by atoms with Crippen molar-refractivity contribution in [2.45, 2.75) is 46.3 Å². The zero-order chi connectivity index (χ0) is 18.0. The molecule has 1 amide bonds. The molecule has 5 heteroatoms. The van der Waals surface area contributed by atoms with Crippen LogP contribution in [0.25, 0.3) is 22.4 Å². The van der Waals surface area contributed by atoms with Gasteiger partial charge < -0.3 is 9.47 Å². The fourth-order valence-corrected chi connectivity index (χ4v) is 3.34. The van der Waals surface area contributed by atoms with Gasteiger partial charge in [0.15, 0.2) is 0 Å². The normalized spacial score (nSPS) is 11.4. The molecule has 2 aromatic heterocycles. The Balaban J connectivity index is 2.07. The number of hydrogen-bond acceptors (Lipinski definition) is 3. The second-order valence-electron chi connectivity index (χ2n) is 6.74. The van der Waals surface area contributed by atoms with Crippen LogP contribution < -0.4 is 0 Å². The standard InChI is InChI=1S/C20H24N4O/c1-14(2)24(15(3)4)19(25)13-23-18-10-6-5-9-17(18)22-20(23)16-8-7-11-21-12-16/h5-12,14-15H,13H2,1-4H3. The van der Waals surface area contributed by atoms with E-state index in [1.165, 1.54) is 0 Å². The van der Waals surface area contributed by atoms with Crippen LogP contribution in [0.1, 0.15) is 27.7 Å². The minimum absolute atomic E-state index is 0.0956. The van der Waals surface area contributed by atoms with Gasteiger partial charge in [0.1, 0.15) is 12.4 Å². The summed E-state index contributed by atoms with van der Waals surface area (Å²) in [5, 5.41) is 0. The van der Waals surface area contributed by atoms with E-state index in [1.807, 2.05) is 73.6 Å². The van der Waals surface area contributed by atoms with Crippen LogP contribution >= 0.6 is 0 Å². The molecule has 0 aliphatic heterocycles. The number of imidazole rings is 1. The number of nitrogens with zero attached hydrogens (tertiary/aromatic N) is 4. The number of aromatic nitrogens is 3. The summed E-state index contributed by atoms with van der Waals surface area (Å²) < 4.78 is 1.99. The fraction of sp³-hybridized carbons (Fsp3) is 0.350. The third kappa shape index (κ3) is 3.40. The molecule has 0 N–H and O–H groups in total. The predicted octanol–water partition coefficient (Wildman–Crippen LogP) is 3.74. The van der Waals surface area contributed by atoms with E-state index in [9.17, 15) is 4.79 Å². The Bertz CT molecular complexity index is 860. The maximum atomic E-state index is 13.0. The molecule has 1 aromatic carbocycles. The van der Waals surface area contributed by atoms with Crippen LogP contribution in [-0.2, 0) is 11.3 Å². The Labute approximate surface area is 148 Å². The van der Waals surface area contributed by atoms with E-state index in [1.54, 1.807) is 12.4 Å². The van der Waals surface area contributed by atoms with E-state index in [0.717, 1.165) is 22.4 Å². The second kappa shape index (κ2) is 7.05. The summed E-state index contributed by atoms with van der Waals surface area (Å²) >= 11 is 0. The van der Waals surface area contributed by atoms with Gasteiger partial charge in [-0.3, -0.25) is 9.78 Å². The van der Waals surface area contributed by atoms with Gasteiger partial charge >= 0.3 is 0 Å². The zero-order valence-electron chi connectivity index (χ0n) is 15.2. The van der Waals surface area contributed by atoms with Gasteiger partial charge in [0.25, 0.3) is 0 Å². The van der Waals surface area contributed by atoms with Crippen LogP contribution in [0.4, 0.5) is 0 Å². The molecule has 0 atom stereocenters. The molecule has 3 rings (SSSR count). The molecular weight excluding hydrogens is 312 g/mol. The van der Waals surface area contributed by atoms with Crippen molar-refractivity contribution >= 4 is 16.9 Å². The maximum absolute atomic E-state index is 13.0. The molecule has 0 bridgehead atoms. The highest BCUT2D eigenvalue weighted by Crippen LogP contribution is 2.24.